The van der Waals surface area contributed by atoms with Crippen molar-refractivity contribution in [2.24, 2.45) is 0 Å². The van der Waals surface area contributed by atoms with Crippen LogP contribution in [0.3, 0.4) is 0 Å². The zero-order valence-corrected chi connectivity index (χ0v) is 19.7. The molecule has 9 nitrogen and oxygen atoms in total. The van der Waals surface area contributed by atoms with Crippen molar-refractivity contribution in [3.05, 3.63) is 17.2 Å². The monoisotopic (exact) mass is 473 g/mol. The minimum Gasteiger partial charge on any atom is -0.495 e. The molecule has 0 spiro atoms. The van der Waals surface area contributed by atoms with Gasteiger partial charge in [0.05, 0.1) is 37.7 Å². The van der Waals surface area contributed by atoms with Crippen molar-refractivity contribution in [1.29, 1.82) is 0 Å². The molecule has 1 saturated carbocycles. The third-order valence-electron chi connectivity index (χ3n) is 5.88. The summed E-state index contributed by atoms with van der Waals surface area (Å²) in [6.07, 6.45) is 4.76. The van der Waals surface area contributed by atoms with Gasteiger partial charge in [-0.15, -0.1) is 0 Å². The molecule has 172 valence electrons. The highest BCUT2D eigenvalue weighted by molar-refractivity contribution is 7.88. The van der Waals surface area contributed by atoms with Crippen LogP contribution in [0.4, 0.5) is 5.69 Å². The number of nitrogens with one attached hydrogen (secondary N) is 1. The van der Waals surface area contributed by atoms with E-state index in [2.05, 4.69) is 5.32 Å². The molecule has 2 amide bonds. The van der Waals surface area contributed by atoms with E-state index in [4.69, 9.17) is 21.1 Å². The van der Waals surface area contributed by atoms with Crippen LogP contribution in [0.1, 0.15) is 32.6 Å². The number of piperazine rings is 1. The van der Waals surface area contributed by atoms with E-state index in [0.717, 1.165) is 36.2 Å². The molecule has 1 aromatic carbocycles. The second-order valence-electron chi connectivity index (χ2n) is 8.15. The first-order valence-corrected chi connectivity index (χ1v) is 12.2. The number of sulfonamides is 1. The molecule has 0 unspecified atom stereocenters. The number of anilines is 1. The van der Waals surface area contributed by atoms with Gasteiger partial charge in [-0.2, -0.15) is 4.31 Å². The van der Waals surface area contributed by atoms with Crippen molar-refractivity contribution in [3.63, 3.8) is 0 Å². The van der Waals surface area contributed by atoms with Crippen LogP contribution in [-0.4, -0.2) is 69.7 Å². The number of benzene rings is 1. The van der Waals surface area contributed by atoms with Crippen molar-refractivity contribution >= 4 is 39.1 Å². The van der Waals surface area contributed by atoms with E-state index in [1.54, 1.807) is 6.92 Å². The Morgan fingerprint density at radius 2 is 1.81 bits per heavy atom. The summed E-state index contributed by atoms with van der Waals surface area (Å²) in [5.41, 5.74) is -1.23. The Labute approximate surface area is 187 Å². The maximum absolute atomic E-state index is 13.5. The van der Waals surface area contributed by atoms with Gasteiger partial charge in [-0.05, 0) is 25.8 Å². The summed E-state index contributed by atoms with van der Waals surface area (Å²) in [6.45, 7) is 0.977. The molecule has 11 heteroatoms. The number of methoxy groups -OCH3 is 2. The van der Waals surface area contributed by atoms with Gasteiger partial charge in [0.2, 0.25) is 21.8 Å². The van der Waals surface area contributed by atoms with E-state index in [1.807, 2.05) is 0 Å². The van der Waals surface area contributed by atoms with Crippen molar-refractivity contribution in [2.45, 2.75) is 44.2 Å². The molecule has 0 radical (unpaired) electrons. The molecule has 0 bridgehead atoms. The first kappa shape index (κ1) is 23.6. The van der Waals surface area contributed by atoms with E-state index in [1.165, 1.54) is 31.3 Å². The quantitative estimate of drug-likeness (QED) is 0.675. The van der Waals surface area contributed by atoms with Crippen LogP contribution in [0, 0.1) is 0 Å². The zero-order valence-electron chi connectivity index (χ0n) is 18.1. The topological polar surface area (TPSA) is 105 Å². The third-order valence-corrected chi connectivity index (χ3v) is 7.37. The van der Waals surface area contributed by atoms with Crippen LogP contribution in [-0.2, 0) is 19.6 Å². The molecule has 3 rings (SSSR count). The van der Waals surface area contributed by atoms with Crippen LogP contribution in [0.15, 0.2) is 12.1 Å². The third kappa shape index (κ3) is 4.61. The van der Waals surface area contributed by atoms with Crippen molar-refractivity contribution < 1.29 is 27.5 Å². The molecular weight excluding hydrogens is 446 g/mol. The number of amides is 2. The fourth-order valence-corrected chi connectivity index (χ4v) is 5.27. The predicted molar refractivity (Wildman–Crippen MR) is 117 cm³/mol. The summed E-state index contributed by atoms with van der Waals surface area (Å²) in [4.78, 5) is 28.0. The first-order chi connectivity index (χ1) is 14.5. The Hall–Kier alpha value is -2.04. The number of hydrogen-bond donors (Lipinski definition) is 1. The fourth-order valence-electron chi connectivity index (χ4n) is 4.20. The van der Waals surface area contributed by atoms with Gasteiger partial charge in [-0.1, -0.05) is 24.4 Å². The number of halogens is 1. The van der Waals surface area contributed by atoms with Crippen LogP contribution in [0.2, 0.25) is 5.02 Å². The summed E-state index contributed by atoms with van der Waals surface area (Å²) in [5.74, 6) is -0.348. The standard InChI is InChI=1S/C20H28ClN3O6S/c1-20(19(26)22-13-7-5-6-8-13)12-23(31(4,27)28)11-18(25)24(20)15-9-14(21)16(29-2)10-17(15)30-3/h9-10,13H,5-8,11-12H2,1-4H3,(H,22,26)/t20-/m0/s1. The van der Waals surface area contributed by atoms with Crippen molar-refractivity contribution in [1.82, 2.24) is 9.62 Å². The molecule has 1 N–H and O–H groups in total. The first-order valence-electron chi connectivity index (χ1n) is 10.0. The van der Waals surface area contributed by atoms with Gasteiger partial charge in [0.25, 0.3) is 0 Å². The highest BCUT2D eigenvalue weighted by Gasteiger charge is 2.51. The lowest BCUT2D eigenvalue weighted by atomic mass is 9.93. The van der Waals surface area contributed by atoms with E-state index >= 15 is 0 Å². The lowest BCUT2D eigenvalue weighted by Crippen LogP contribution is -2.70. The largest absolute Gasteiger partial charge is 0.495 e. The predicted octanol–water partition coefficient (Wildman–Crippen LogP) is 1.78. The summed E-state index contributed by atoms with van der Waals surface area (Å²) in [7, 11) is -0.818. The smallest absolute Gasteiger partial charge is 0.247 e. The SMILES string of the molecule is COc1cc(OC)c(N2C(=O)CN(S(C)(=O)=O)C[C@@]2(C)C(=O)NC2CCCC2)cc1Cl. The van der Waals surface area contributed by atoms with Gasteiger partial charge < -0.3 is 14.8 Å². The highest BCUT2D eigenvalue weighted by Crippen LogP contribution is 2.42. The van der Waals surface area contributed by atoms with Crippen LogP contribution < -0.4 is 19.7 Å². The number of rotatable bonds is 6. The molecule has 2 fully saturated rings. The minimum atomic E-state index is -3.70. The highest BCUT2D eigenvalue weighted by atomic mass is 35.5. The number of hydrogen-bond acceptors (Lipinski definition) is 6. The second-order valence-corrected chi connectivity index (χ2v) is 10.5. The summed E-state index contributed by atoms with van der Waals surface area (Å²) in [6, 6.07) is 3.02. The molecular formula is C20H28ClN3O6S. The molecule has 1 aliphatic heterocycles. The molecule has 0 aromatic heterocycles. The van der Waals surface area contributed by atoms with E-state index in [0.29, 0.717) is 5.75 Å². The normalized spacial score (nSPS) is 23.1. The van der Waals surface area contributed by atoms with Gasteiger partial charge in [-0.25, -0.2) is 8.42 Å². The molecule has 31 heavy (non-hydrogen) atoms. The number of carbonyl (C=O) groups is 2. The van der Waals surface area contributed by atoms with E-state index in [9.17, 15) is 18.0 Å². The average Bonchev–Trinajstić information content (AvgIpc) is 3.20. The Balaban J connectivity index is 2.10. The molecule has 1 aliphatic carbocycles. The Morgan fingerprint density at radius 3 is 2.35 bits per heavy atom. The van der Waals surface area contributed by atoms with Gasteiger partial charge in [-0.3, -0.25) is 14.5 Å². The van der Waals surface area contributed by atoms with Crippen LogP contribution in [0.5, 0.6) is 11.5 Å². The fraction of sp³-hybridized carbons (Fsp3) is 0.600. The van der Waals surface area contributed by atoms with Gasteiger partial charge in [0, 0.05) is 18.7 Å². The zero-order chi connectivity index (χ0) is 23.0. The molecule has 1 heterocycles. The number of ether oxygens (including phenoxy) is 2. The lowest BCUT2D eigenvalue weighted by Gasteiger charge is -2.47. The summed E-state index contributed by atoms with van der Waals surface area (Å²) >= 11 is 6.31. The minimum absolute atomic E-state index is 0.00348. The second kappa shape index (κ2) is 8.84. The maximum atomic E-state index is 13.5. The van der Waals surface area contributed by atoms with Crippen LogP contribution in [0.25, 0.3) is 0 Å². The van der Waals surface area contributed by atoms with Crippen LogP contribution >= 0.6 is 11.6 Å². The van der Waals surface area contributed by atoms with E-state index < -0.39 is 33.9 Å². The lowest BCUT2D eigenvalue weighted by molar-refractivity contribution is -0.133. The molecule has 1 aromatic rings. The number of nitrogens with zero attached hydrogens (tertiary/aromatic N) is 2. The Bertz CT molecular complexity index is 979. The number of carbonyl (C=O) groups excluding carboxylic acids is 2. The molecule has 2 aliphatic rings. The van der Waals surface area contributed by atoms with Crippen molar-refractivity contribution in [2.75, 3.05) is 38.5 Å². The molecule has 1 saturated heterocycles. The van der Waals surface area contributed by atoms with Gasteiger partial charge in [0.1, 0.15) is 17.0 Å². The Morgan fingerprint density at radius 1 is 1.19 bits per heavy atom. The molecule has 1 atom stereocenters. The van der Waals surface area contributed by atoms with Gasteiger partial charge >= 0.3 is 0 Å². The van der Waals surface area contributed by atoms with E-state index in [-0.39, 0.29) is 29.0 Å². The maximum Gasteiger partial charge on any atom is 0.247 e. The summed E-state index contributed by atoms with van der Waals surface area (Å²) < 4.78 is 36.2. The van der Waals surface area contributed by atoms with Gasteiger partial charge in [0.15, 0.2) is 0 Å². The average molecular weight is 474 g/mol. The summed E-state index contributed by atoms with van der Waals surface area (Å²) in [5, 5.41) is 3.23. The van der Waals surface area contributed by atoms with Crippen molar-refractivity contribution in [3.8, 4) is 11.5 Å². The Kier molecular flexibility index (Phi) is 6.73.